The van der Waals surface area contributed by atoms with E-state index in [1.54, 1.807) is 48.5 Å². The summed E-state index contributed by atoms with van der Waals surface area (Å²) in [4.78, 5) is 12.8. The molecule has 34 heavy (non-hydrogen) atoms. The van der Waals surface area contributed by atoms with E-state index in [9.17, 15) is 13.2 Å². The van der Waals surface area contributed by atoms with E-state index in [-0.39, 0.29) is 25.4 Å². The maximum absolute atomic E-state index is 13.3. The number of para-hydroxylation sites is 2. The lowest BCUT2D eigenvalue weighted by atomic mass is 10.1. The van der Waals surface area contributed by atoms with Gasteiger partial charge in [0.1, 0.15) is 18.1 Å². The van der Waals surface area contributed by atoms with Crippen LogP contribution in [0.15, 0.2) is 72.8 Å². The summed E-state index contributed by atoms with van der Waals surface area (Å²) >= 11 is 0. The Labute approximate surface area is 200 Å². The highest BCUT2D eigenvalue weighted by molar-refractivity contribution is 7.92. The molecule has 0 saturated carbocycles. The number of sulfonamides is 1. The van der Waals surface area contributed by atoms with Crippen molar-refractivity contribution in [1.82, 2.24) is 5.32 Å². The van der Waals surface area contributed by atoms with Crippen LogP contribution in [0.2, 0.25) is 0 Å². The van der Waals surface area contributed by atoms with Crippen LogP contribution in [-0.2, 0) is 20.6 Å². The molecule has 7 nitrogen and oxygen atoms in total. The number of fused-ring (bicyclic) bond motifs is 1. The molecule has 3 aromatic carbocycles. The van der Waals surface area contributed by atoms with Crippen molar-refractivity contribution in [3.05, 3.63) is 89.5 Å². The number of nitrogens with zero attached hydrogens (tertiary/aromatic N) is 1. The monoisotopic (exact) mass is 480 g/mol. The fourth-order valence-electron chi connectivity index (χ4n) is 3.94. The molecule has 1 unspecified atom stereocenters. The quantitative estimate of drug-likeness (QED) is 0.498. The van der Waals surface area contributed by atoms with Gasteiger partial charge in [0.25, 0.3) is 5.91 Å². The summed E-state index contributed by atoms with van der Waals surface area (Å²) < 4.78 is 39.4. The van der Waals surface area contributed by atoms with Crippen molar-refractivity contribution < 1.29 is 22.7 Å². The Kier molecular flexibility index (Phi) is 7.07. The molecular formula is C26H28N2O5S. The summed E-state index contributed by atoms with van der Waals surface area (Å²) in [7, 11) is -3.74. The summed E-state index contributed by atoms with van der Waals surface area (Å²) in [6, 6.07) is 21.8. The minimum absolute atomic E-state index is 0.101. The number of hydrogen-bond donors (Lipinski definition) is 1. The third-order valence-corrected chi connectivity index (χ3v) is 7.14. The van der Waals surface area contributed by atoms with Crippen molar-refractivity contribution in [2.45, 2.75) is 25.7 Å². The minimum Gasteiger partial charge on any atom is -0.492 e. The van der Waals surface area contributed by atoms with Gasteiger partial charge in [0.2, 0.25) is 10.0 Å². The van der Waals surface area contributed by atoms with Crippen molar-refractivity contribution in [3.63, 3.8) is 0 Å². The first-order chi connectivity index (χ1) is 16.3. The minimum atomic E-state index is -3.74. The maximum atomic E-state index is 13.3. The molecule has 0 aromatic heterocycles. The Balaban J connectivity index is 1.42. The molecule has 0 spiro atoms. The molecule has 1 aliphatic heterocycles. The number of rotatable bonds is 8. The number of ether oxygens (including phenoxy) is 2. The third-order valence-electron chi connectivity index (χ3n) is 5.42. The first-order valence-corrected chi connectivity index (χ1v) is 12.7. The van der Waals surface area contributed by atoms with Gasteiger partial charge in [0.05, 0.1) is 24.5 Å². The van der Waals surface area contributed by atoms with Gasteiger partial charge in [-0.2, -0.15) is 0 Å². The van der Waals surface area contributed by atoms with Crippen molar-refractivity contribution in [3.8, 4) is 11.5 Å². The van der Waals surface area contributed by atoms with Gasteiger partial charge in [-0.05, 0) is 54.8 Å². The molecule has 1 heterocycles. The van der Waals surface area contributed by atoms with Gasteiger partial charge in [-0.15, -0.1) is 0 Å². The smallest absolute Gasteiger partial charge is 0.263 e. The number of anilines is 1. The largest absolute Gasteiger partial charge is 0.492 e. The van der Waals surface area contributed by atoms with Gasteiger partial charge in [-0.1, -0.05) is 48.5 Å². The lowest BCUT2D eigenvalue weighted by Crippen LogP contribution is -2.51. The van der Waals surface area contributed by atoms with Gasteiger partial charge < -0.3 is 14.8 Å². The average Bonchev–Trinajstić information content (AvgIpc) is 2.80. The van der Waals surface area contributed by atoms with Gasteiger partial charge in [-0.25, -0.2) is 8.42 Å². The predicted molar refractivity (Wildman–Crippen MR) is 132 cm³/mol. The first kappa shape index (κ1) is 23.6. The second-order valence-electron chi connectivity index (χ2n) is 8.31. The molecule has 178 valence electrons. The summed E-state index contributed by atoms with van der Waals surface area (Å²) in [6.45, 7) is 4.45. The van der Waals surface area contributed by atoms with Gasteiger partial charge in [0.15, 0.2) is 6.10 Å². The average molecular weight is 481 g/mol. The van der Waals surface area contributed by atoms with Crippen LogP contribution in [0, 0.1) is 13.8 Å². The van der Waals surface area contributed by atoms with E-state index in [0.717, 1.165) is 16.9 Å². The van der Waals surface area contributed by atoms with Crippen LogP contribution < -0.4 is 19.1 Å². The standard InChI is InChI=1S/C26H28N2O5S/c1-19-14-20(2)16-22(15-19)32-13-12-27-26(29)25-17-28(23-10-6-7-11-24(23)33-25)34(30,31)18-21-8-4-3-5-9-21/h3-11,14-16,25H,12-13,17-18H2,1-2H3,(H,27,29). The van der Waals surface area contributed by atoms with E-state index in [4.69, 9.17) is 9.47 Å². The normalized spacial score (nSPS) is 15.2. The number of nitrogens with one attached hydrogen (secondary N) is 1. The fourth-order valence-corrected chi connectivity index (χ4v) is 5.52. The second kappa shape index (κ2) is 10.2. The molecule has 0 aliphatic carbocycles. The van der Waals surface area contributed by atoms with Crippen molar-refractivity contribution in [2.24, 2.45) is 0 Å². The highest BCUT2D eigenvalue weighted by Crippen LogP contribution is 2.35. The zero-order chi connectivity index (χ0) is 24.1. The van der Waals surface area contributed by atoms with Gasteiger partial charge in [-0.3, -0.25) is 9.10 Å². The summed E-state index contributed by atoms with van der Waals surface area (Å²) in [5.74, 6) is 0.545. The Hall–Kier alpha value is -3.52. The lowest BCUT2D eigenvalue weighted by molar-refractivity contribution is -0.127. The lowest BCUT2D eigenvalue weighted by Gasteiger charge is -2.34. The SMILES string of the molecule is Cc1cc(C)cc(OCCNC(=O)C2CN(S(=O)(=O)Cc3ccccc3)c3ccccc3O2)c1. The van der Waals surface area contributed by atoms with Crippen LogP contribution in [0.5, 0.6) is 11.5 Å². The molecule has 0 fully saturated rings. The fraction of sp³-hybridized carbons (Fsp3) is 0.269. The summed E-state index contributed by atoms with van der Waals surface area (Å²) in [5, 5.41) is 2.79. The predicted octanol–water partition coefficient (Wildman–Crippen LogP) is 3.60. The first-order valence-electron chi connectivity index (χ1n) is 11.1. The Morgan fingerprint density at radius 3 is 2.44 bits per heavy atom. The number of carbonyl (C=O) groups is 1. The highest BCUT2D eigenvalue weighted by Gasteiger charge is 2.36. The van der Waals surface area contributed by atoms with Gasteiger partial charge in [0, 0.05) is 0 Å². The Morgan fingerprint density at radius 1 is 1.03 bits per heavy atom. The molecule has 1 aliphatic rings. The zero-order valence-corrected chi connectivity index (χ0v) is 20.0. The van der Waals surface area contributed by atoms with Crippen LogP contribution in [0.25, 0.3) is 0 Å². The highest BCUT2D eigenvalue weighted by atomic mass is 32.2. The summed E-state index contributed by atoms with van der Waals surface area (Å²) in [6.07, 6.45) is -0.971. The topological polar surface area (TPSA) is 84.9 Å². The van der Waals surface area contributed by atoms with Crippen LogP contribution in [0.1, 0.15) is 16.7 Å². The summed E-state index contributed by atoms with van der Waals surface area (Å²) in [5.41, 5.74) is 3.31. The number of benzene rings is 3. The molecule has 1 atom stereocenters. The molecule has 1 amide bonds. The number of hydrogen-bond acceptors (Lipinski definition) is 5. The number of carbonyl (C=O) groups excluding carboxylic acids is 1. The molecule has 3 aromatic rings. The molecular weight excluding hydrogens is 452 g/mol. The van der Waals surface area contributed by atoms with Crippen LogP contribution in [0.3, 0.4) is 0 Å². The molecule has 0 saturated heterocycles. The van der Waals surface area contributed by atoms with E-state index >= 15 is 0 Å². The number of amides is 1. The maximum Gasteiger partial charge on any atom is 0.263 e. The zero-order valence-electron chi connectivity index (χ0n) is 19.2. The molecule has 0 bridgehead atoms. The van der Waals surface area contributed by atoms with E-state index in [0.29, 0.717) is 17.0 Å². The van der Waals surface area contributed by atoms with Crippen LogP contribution >= 0.6 is 0 Å². The molecule has 8 heteroatoms. The van der Waals surface area contributed by atoms with E-state index in [1.807, 2.05) is 32.0 Å². The van der Waals surface area contributed by atoms with Crippen LogP contribution in [-0.4, -0.2) is 40.1 Å². The van der Waals surface area contributed by atoms with E-state index in [2.05, 4.69) is 11.4 Å². The van der Waals surface area contributed by atoms with Crippen molar-refractivity contribution in [1.29, 1.82) is 0 Å². The molecule has 4 rings (SSSR count). The van der Waals surface area contributed by atoms with Gasteiger partial charge >= 0.3 is 0 Å². The Bertz CT molecular complexity index is 1240. The van der Waals surface area contributed by atoms with E-state index in [1.165, 1.54) is 4.31 Å². The van der Waals surface area contributed by atoms with Crippen LogP contribution in [0.4, 0.5) is 5.69 Å². The molecule has 1 N–H and O–H groups in total. The molecule has 0 radical (unpaired) electrons. The third kappa shape index (κ3) is 5.69. The van der Waals surface area contributed by atoms with Crippen molar-refractivity contribution in [2.75, 3.05) is 24.0 Å². The van der Waals surface area contributed by atoms with Crippen molar-refractivity contribution >= 4 is 21.6 Å². The second-order valence-corrected chi connectivity index (χ2v) is 10.2. The number of aryl methyl sites for hydroxylation is 2. The Morgan fingerprint density at radius 2 is 1.71 bits per heavy atom. The van der Waals surface area contributed by atoms with E-state index < -0.39 is 22.0 Å².